The van der Waals surface area contributed by atoms with E-state index in [4.69, 9.17) is 4.52 Å². The van der Waals surface area contributed by atoms with Gasteiger partial charge in [-0.15, -0.1) is 0 Å². The van der Waals surface area contributed by atoms with Crippen LogP contribution >= 0.6 is 15.9 Å². The number of halogens is 1. The number of nitrogens with one attached hydrogen (secondary N) is 1. The summed E-state index contributed by atoms with van der Waals surface area (Å²) in [7, 11) is 0. The lowest BCUT2D eigenvalue weighted by molar-refractivity contribution is 0.0910. The van der Waals surface area contributed by atoms with Crippen molar-refractivity contribution >= 4 is 21.8 Å². The number of allylic oxidation sites excluding steroid dienone is 1. The van der Waals surface area contributed by atoms with Gasteiger partial charge in [0.15, 0.2) is 0 Å². The summed E-state index contributed by atoms with van der Waals surface area (Å²) in [6.07, 6.45) is 9.75. The molecule has 0 aliphatic heterocycles. The van der Waals surface area contributed by atoms with Gasteiger partial charge in [-0.3, -0.25) is 4.79 Å². The van der Waals surface area contributed by atoms with Crippen molar-refractivity contribution in [2.75, 3.05) is 6.54 Å². The third-order valence-corrected chi connectivity index (χ3v) is 5.50. The summed E-state index contributed by atoms with van der Waals surface area (Å²) in [5.41, 5.74) is 3.81. The lowest BCUT2D eigenvalue weighted by Gasteiger charge is -2.12. The molecule has 0 unspecified atom stereocenters. The first kappa shape index (κ1) is 19.6. The van der Waals surface area contributed by atoms with E-state index < -0.39 is 0 Å². The molecule has 0 radical (unpaired) electrons. The van der Waals surface area contributed by atoms with E-state index in [1.54, 1.807) is 4.68 Å². The minimum absolute atomic E-state index is 0.0339. The predicted octanol–water partition coefficient (Wildman–Crippen LogP) is 4.61. The van der Waals surface area contributed by atoms with Crippen LogP contribution in [0.2, 0.25) is 0 Å². The molecule has 0 atom stereocenters. The minimum atomic E-state index is -0.349. The second kappa shape index (κ2) is 8.73. The standard InChI is InChI=1S/C21H22BrN5O2/c1-14-18(13-27(25-14)17-9-7-16(22)8-10-17)19-24-21(29-26-19)20(28)23-12-11-15-5-3-2-4-6-15/h5,7-10,13H,2-4,6,11-12H2,1H3,(H,23,28). The van der Waals surface area contributed by atoms with Crippen molar-refractivity contribution in [2.24, 2.45) is 0 Å². The smallest absolute Gasteiger partial charge is 0.316 e. The highest BCUT2D eigenvalue weighted by Gasteiger charge is 2.19. The van der Waals surface area contributed by atoms with Gasteiger partial charge < -0.3 is 9.84 Å². The van der Waals surface area contributed by atoms with Gasteiger partial charge in [0.2, 0.25) is 5.82 Å². The van der Waals surface area contributed by atoms with Gasteiger partial charge in [0.25, 0.3) is 0 Å². The van der Waals surface area contributed by atoms with E-state index in [0.717, 1.165) is 40.7 Å². The van der Waals surface area contributed by atoms with Crippen molar-refractivity contribution in [3.05, 3.63) is 58.2 Å². The van der Waals surface area contributed by atoms with Crippen LogP contribution < -0.4 is 5.32 Å². The summed E-state index contributed by atoms with van der Waals surface area (Å²) >= 11 is 3.43. The van der Waals surface area contributed by atoms with E-state index in [9.17, 15) is 4.79 Å². The van der Waals surface area contributed by atoms with Crippen LogP contribution in [0.4, 0.5) is 0 Å². The lowest BCUT2D eigenvalue weighted by Crippen LogP contribution is -2.25. The second-order valence-corrected chi connectivity index (χ2v) is 8.00. The quantitative estimate of drug-likeness (QED) is 0.548. The first-order chi connectivity index (χ1) is 14.1. The number of hydrogen-bond donors (Lipinski definition) is 1. The van der Waals surface area contributed by atoms with Gasteiger partial charge in [0.1, 0.15) is 0 Å². The molecule has 0 saturated carbocycles. The van der Waals surface area contributed by atoms with E-state index in [1.807, 2.05) is 37.4 Å². The minimum Gasteiger partial charge on any atom is -0.348 e. The Kier molecular flexibility index (Phi) is 5.89. The van der Waals surface area contributed by atoms with E-state index in [1.165, 1.54) is 18.4 Å². The summed E-state index contributed by atoms with van der Waals surface area (Å²) in [5, 5.41) is 11.3. The maximum Gasteiger partial charge on any atom is 0.316 e. The number of aromatic nitrogens is 4. The first-order valence-corrected chi connectivity index (χ1v) is 10.5. The molecule has 0 fully saturated rings. The Morgan fingerprint density at radius 1 is 1.28 bits per heavy atom. The van der Waals surface area contributed by atoms with E-state index >= 15 is 0 Å². The van der Waals surface area contributed by atoms with Crippen molar-refractivity contribution in [2.45, 2.75) is 39.0 Å². The molecule has 1 amide bonds. The molecule has 0 bridgehead atoms. The molecule has 0 spiro atoms. The van der Waals surface area contributed by atoms with Crippen molar-refractivity contribution in [1.82, 2.24) is 25.2 Å². The maximum absolute atomic E-state index is 12.3. The fourth-order valence-corrected chi connectivity index (χ4v) is 3.64. The molecule has 150 valence electrons. The van der Waals surface area contributed by atoms with Gasteiger partial charge in [-0.05, 0) is 63.3 Å². The van der Waals surface area contributed by atoms with Crippen LogP contribution in [0.15, 0.2) is 51.1 Å². The Bertz CT molecular complexity index is 1040. The third-order valence-electron chi connectivity index (χ3n) is 4.97. The highest BCUT2D eigenvalue weighted by atomic mass is 79.9. The fourth-order valence-electron chi connectivity index (χ4n) is 3.37. The summed E-state index contributed by atoms with van der Waals surface area (Å²) in [6.45, 7) is 2.45. The Morgan fingerprint density at radius 3 is 2.86 bits per heavy atom. The number of amides is 1. The molecule has 2 aromatic heterocycles. The average Bonchev–Trinajstić information content (AvgIpc) is 3.36. The molecule has 7 nitrogen and oxygen atoms in total. The first-order valence-electron chi connectivity index (χ1n) is 9.72. The van der Waals surface area contributed by atoms with Crippen molar-refractivity contribution in [3.8, 4) is 17.1 Å². The summed E-state index contributed by atoms with van der Waals surface area (Å²) in [4.78, 5) is 16.6. The van der Waals surface area contributed by atoms with Gasteiger partial charge >= 0.3 is 11.8 Å². The topological polar surface area (TPSA) is 85.8 Å². The zero-order chi connectivity index (χ0) is 20.2. The van der Waals surface area contributed by atoms with Crippen molar-refractivity contribution in [3.63, 3.8) is 0 Å². The summed E-state index contributed by atoms with van der Waals surface area (Å²) in [5.74, 6) is -0.0301. The average molecular weight is 456 g/mol. The van der Waals surface area contributed by atoms with Gasteiger partial charge in [0.05, 0.1) is 16.9 Å². The van der Waals surface area contributed by atoms with E-state index in [-0.39, 0.29) is 11.8 Å². The molecule has 3 aromatic rings. The maximum atomic E-state index is 12.3. The molecular formula is C21H22BrN5O2. The number of carbonyl (C=O) groups is 1. The molecule has 2 heterocycles. The summed E-state index contributed by atoms with van der Waals surface area (Å²) < 4.78 is 7.93. The highest BCUT2D eigenvalue weighted by Crippen LogP contribution is 2.23. The molecule has 1 aliphatic carbocycles. The van der Waals surface area contributed by atoms with Crippen LogP contribution in [0.1, 0.15) is 48.5 Å². The number of rotatable bonds is 6. The number of carbonyl (C=O) groups excluding carboxylic acids is 1. The molecule has 1 N–H and O–H groups in total. The molecule has 29 heavy (non-hydrogen) atoms. The molecule has 1 aromatic carbocycles. The van der Waals surface area contributed by atoms with Gasteiger partial charge in [0, 0.05) is 17.2 Å². The molecule has 4 rings (SSSR count). The Morgan fingerprint density at radius 2 is 2.10 bits per heavy atom. The van der Waals surface area contributed by atoms with Crippen LogP contribution in [0.5, 0.6) is 0 Å². The molecule has 0 saturated heterocycles. The van der Waals surface area contributed by atoms with Crippen LogP contribution in [0.3, 0.4) is 0 Å². The number of nitrogens with zero attached hydrogens (tertiary/aromatic N) is 4. The van der Waals surface area contributed by atoms with Gasteiger partial charge in [-0.25, -0.2) is 4.68 Å². The molecule has 8 heteroatoms. The number of aryl methyl sites for hydroxylation is 1. The lowest BCUT2D eigenvalue weighted by atomic mass is 9.97. The second-order valence-electron chi connectivity index (χ2n) is 7.09. The summed E-state index contributed by atoms with van der Waals surface area (Å²) in [6, 6.07) is 7.81. The molecule has 1 aliphatic rings. The Hall–Kier alpha value is -2.74. The zero-order valence-electron chi connectivity index (χ0n) is 16.2. The monoisotopic (exact) mass is 455 g/mol. The van der Waals surface area contributed by atoms with Gasteiger partial charge in [-0.2, -0.15) is 10.1 Å². The normalized spacial score (nSPS) is 13.9. The number of hydrogen-bond acceptors (Lipinski definition) is 5. The fraction of sp³-hybridized carbons (Fsp3) is 0.333. The van der Waals surface area contributed by atoms with Crippen LogP contribution in [-0.4, -0.2) is 32.4 Å². The van der Waals surface area contributed by atoms with Crippen LogP contribution in [0.25, 0.3) is 17.1 Å². The molecular weight excluding hydrogens is 434 g/mol. The number of benzene rings is 1. The highest BCUT2D eigenvalue weighted by molar-refractivity contribution is 9.10. The predicted molar refractivity (Wildman–Crippen MR) is 113 cm³/mol. The van der Waals surface area contributed by atoms with Crippen LogP contribution in [0, 0.1) is 6.92 Å². The SMILES string of the molecule is Cc1nn(-c2ccc(Br)cc2)cc1-c1noc(C(=O)NCCC2=CCCCC2)n1. The zero-order valence-corrected chi connectivity index (χ0v) is 17.8. The van der Waals surface area contributed by atoms with E-state index in [2.05, 4.69) is 42.6 Å². The largest absolute Gasteiger partial charge is 0.348 e. The van der Waals surface area contributed by atoms with Crippen molar-refractivity contribution in [1.29, 1.82) is 0 Å². The Labute approximate surface area is 177 Å². The van der Waals surface area contributed by atoms with E-state index in [0.29, 0.717) is 12.4 Å². The van der Waals surface area contributed by atoms with Crippen LogP contribution in [-0.2, 0) is 0 Å². The van der Waals surface area contributed by atoms with Gasteiger partial charge in [-0.1, -0.05) is 32.7 Å². The third kappa shape index (κ3) is 4.64. The van der Waals surface area contributed by atoms with Crippen molar-refractivity contribution < 1.29 is 9.32 Å². The Balaban J connectivity index is 1.42.